The highest BCUT2D eigenvalue weighted by Crippen LogP contribution is 2.24. The van der Waals surface area contributed by atoms with Crippen LogP contribution in [0, 0.1) is 5.82 Å². The van der Waals surface area contributed by atoms with Gasteiger partial charge in [-0.2, -0.15) is 0 Å². The largest absolute Gasteiger partial charge is 0.494 e. The predicted molar refractivity (Wildman–Crippen MR) is 133 cm³/mol. The summed E-state index contributed by atoms with van der Waals surface area (Å²) in [7, 11) is 3.15. The second-order valence-corrected chi connectivity index (χ2v) is 8.60. The van der Waals surface area contributed by atoms with E-state index >= 15 is 0 Å². The maximum absolute atomic E-state index is 14.4. The van der Waals surface area contributed by atoms with E-state index in [4.69, 9.17) is 15.2 Å². The van der Waals surface area contributed by atoms with Crippen LogP contribution >= 0.6 is 0 Å². The molecular formula is C26H32FN5O3. The molecule has 4 rings (SSSR count). The average molecular weight is 482 g/mol. The highest BCUT2D eigenvalue weighted by Gasteiger charge is 2.23. The number of carbonyl (C=O) groups is 1. The summed E-state index contributed by atoms with van der Waals surface area (Å²) in [4.78, 5) is 13.3. The van der Waals surface area contributed by atoms with Crippen LogP contribution < -0.4 is 42.2 Å². The van der Waals surface area contributed by atoms with E-state index in [1.165, 1.54) is 19.2 Å². The van der Waals surface area contributed by atoms with Crippen LogP contribution in [0.3, 0.4) is 0 Å². The van der Waals surface area contributed by atoms with Gasteiger partial charge in [0.25, 0.3) is 5.91 Å². The number of hydrogen-bond donors (Lipinski definition) is 5. The topological polar surface area (TPSA) is 110 Å². The van der Waals surface area contributed by atoms with E-state index in [9.17, 15) is 9.18 Å². The first kappa shape index (κ1) is 24.7. The maximum atomic E-state index is 14.4. The SMILES string of the molecule is CN/C=C\C(N)C(NC(=O)c1ccc2c(c1)=CC(NC1CCOC1)NC=2)c1ccc(OC)c(F)c1. The predicted octanol–water partition coefficient (Wildman–Crippen LogP) is 0.192. The first-order valence-corrected chi connectivity index (χ1v) is 11.6. The van der Waals surface area contributed by atoms with E-state index < -0.39 is 17.9 Å². The Morgan fingerprint density at radius 2 is 2.14 bits per heavy atom. The van der Waals surface area contributed by atoms with Gasteiger partial charge >= 0.3 is 0 Å². The summed E-state index contributed by atoms with van der Waals surface area (Å²) in [6.07, 6.45) is 8.31. The van der Waals surface area contributed by atoms with Crippen molar-refractivity contribution in [2.24, 2.45) is 5.73 Å². The van der Waals surface area contributed by atoms with Crippen molar-refractivity contribution in [3.63, 3.8) is 0 Å². The van der Waals surface area contributed by atoms with E-state index in [0.717, 1.165) is 23.5 Å². The molecule has 35 heavy (non-hydrogen) atoms. The Labute approximate surface area is 204 Å². The van der Waals surface area contributed by atoms with Gasteiger partial charge in [-0.15, -0.1) is 0 Å². The number of benzene rings is 2. The summed E-state index contributed by atoms with van der Waals surface area (Å²) in [5.41, 5.74) is 7.38. The molecule has 0 bridgehead atoms. The van der Waals surface area contributed by atoms with Crippen molar-refractivity contribution in [1.29, 1.82) is 0 Å². The van der Waals surface area contributed by atoms with Crippen molar-refractivity contribution < 1.29 is 18.7 Å². The van der Waals surface area contributed by atoms with Gasteiger partial charge in [-0.25, -0.2) is 4.39 Å². The molecule has 0 aromatic heterocycles. The Kier molecular flexibility index (Phi) is 8.02. The third kappa shape index (κ3) is 6.00. The van der Waals surface area contributed by atoms with Crippen LogP contribution in [-0.4, -0.2) is 51.5 Å². The van der Waals surface area contributed by atoms with Crippen molar-refractivity contribution in [2.75, 3.05) is 27.4 Å². The molecule has 186 valence electrons. The zero-order valence-electron chi connectivity index (χ0n) is 19.9. The van der Waals surface area contributed by atoms with Gasteiger partial charge in [-0.1, -0.05) is 12.1 Å². The Hall–Kier alpha value is -3.40. The number of fused-ring (bicyclic) bond motifs is 1. The van der Waals surface area contributed by atoms with Crippen LogP contribution in [0.1, 0.15) is 28.4 Å². The van der Waals surface area contributed by atoms with Crippen LogP contribution in [0.5, 0.6) is 5.75 Å². The lowest BCUT2D eigenvalue weighted by Gasteiger charge is -2.24. The summed E-state index contributed by atoms with van der Waals surface area (Å²) in [6, 6.07) is 9.11. The number of amides is 1. The van der Waals surface area contributed by atoms with E-state index in [2.05, 4.69) is 27.3 Å². The van der Waals surface area contributed by atoms with Crippen LogP contribution in [0.15, 0.2) is 48.7 Å². The van der Waals surface area contributed by atoms with Crippen molar-refractivity contribution in [3.8, 4) is 5.75 Å². The molecular weight excluding hydrogens is 449 g/mol. The Morgan fingerprint density at radius 3 is 2.86 bits per heavy atom. The molecule has 4 unspecified atom stereocenters. The van der Waals surface area contributed by atoms with Gasteiger partial charge in [-0.3, -0.25) is 10.1 Å². The molecule has 8 nitrogen and oxygen atoms in total. The van der Waals surface area contributed by atoms with Crippen molar-refractivity contribution in [1.82, 2.24) is 21.3 Å². The highest BCUT2D eigenvalue weighted by atomic mass is 19.1. The number of ether oxygens (including phenoxy) is 2. The Balaban J connectivity index is 1.57. The quantitative estimate of drug-likeness (QED) is 0.348. The molecule has 0 saturated carbocycles. The minimum absolute atomic E-state index is 0.0531. The van der Waals surface area contributed by atoms with E-state index in [1.807, 2.05) is 18.3 Å². The molecule has 0 aliphatic carbocycles. The first-order chi connectivity index (χ1) is 17.0. The van der Waals surface area contributed by atoms with E-state index in [1.54, 1.807) is 31.5 Å². The normalized spacial score (nSPS) is 20.7. The number of halogens is 1. The first-order valence-electron chi connectivity index (χ1n) is 11.6. The number of carbonyl (C=O) groups excluding carboxylic acids is 1. The van der Waals surface area contributed by atoms with Crippen LogP contribution in [0.2, 0.25) is 0 Å². The molecule has 1 amide bonds. The lowest BCUT2D eigenvalue weighted by atomic mass is 9.98. The van der Waals surface area contributed by atoms with Gasteiger partial charge in [0.1, 0.15) is 0 Å². The molecule has 2 aliphatic rings. The molecule has 0 radical (unpaired) electrons. The number of rotatable bonds is 9. The van der Waals surface area contributed by atoms with Gasteiger partial charge in [0.15, 0.2) is 11.6 Å². The Bertz CT molecular complexity index is 1200. The summed E-state index contributed by atoms with van der Waals surface area (Å²) in [5.74, 6) is -0.699. The molecule has 0 spiro atoms. The third-order valence-corrected chi connectivity index (χ3v) is 6.15. The van der Waals surface area contributed by atoms with Crippen molar-refractivity contribution in [2.45, 2.75) is 30.7 Å². The van der Waals surface area contributed by atoms with Crippen molar-refractivity contribution in [3.05, 3.63) is 76.1 Å². The molecule has 1 saturated heterocycles. The fourth-order valence-electron chi connectivity index (χ4n) is 4.24. The second-order valence-electron chi connectivity index (χ2n) is 8.60. The molecule has 2 aromatic rings. The maximum Gasteiger partial charge on any atom is 0.251 e. The fourth-order valence-corrected chi connectivity index (χ4v) is 4.24. The smallest absolute Gasteiger partial charge is 0.251 e. The van der Waals surface area contributed by atoms with Gasteiger partial charge in [0.05, 0.1) is 25.9 Å². The number of methoxy groups -OCH3 is 1. The van der Waals surface area contributed by atoms with Gasteiger partial charge in [0, 0.05) is 37.5 Å². The fraction of sp³-hybridized carbons (Fsp3) is 0.346. The lowest BCUT2D eigenvalue weighted by Crippen LogP contribution is -2.50. The molecule has 1 fully saturated rings. The zero-order chi connectivity index (χ0) is 24.8. The van der Waals surface area contributed by atoms with E-state index in [-0.39, 0.29) is 17.8 Å². The number of nitrogens with one attached hydrogen (secondary N) is 4. The number of hydrogen-bond acceptors (Lipinski definition) is 7. The highest BCUT2D eigenvalue weighted by molar-refractivity contribution is 5.94. The second kappa shape index (κ2) is 11.4. The molecule has 4 atom stereocenters. The van der Waals surface area contributed by atoms with Crippen molar-refractivity contribution >= 4 is 18.2 Å². The molecule has 2 aromatic carbocycles. The van der Waals surface area contributed by atoms with E-state index in [0.29, 0.717) is 23.8 Å². The molecule has 6 N–H and O–H groups in total. The average Bonchev–Trinajstić information content (AvgIpc) is 3.38. The summed E-state index contributed by atoms with van der Waals surface area (Å²) >= 11 is 0. The molecule has 9 heteroatoms. The minimum atomic E-state index is -0.655. The molecule has 2 heterocycles. The lowest BCUT2D eigenvalue weighted by molar-refractivity contribution is 0.0933. The standard InChI is InChI=1S/C26H32FN5O3/c1-29-9-7-22(28)25(16-5-6-23(34-2)21(27)12-16)32-26(33)17-3-4-18-14-30-24(13-19(18)11-17)31-20-8-10-35-15-20/h3-7,9,11-14,20,22,24-25,29-31H,8,10,15,28H2,1-2H3,(H,32,33)/b9-7-. The Morgan fingerprint density at radius 1 is 1.29 bits per heavy atom. The summed E-state index contributed by atoms with van der Waals surface area (Å²) in [6.45, 7) is 1.46. The number of nitrogens with two attached hydrogens (primary N) is 1. The van der Waals surface area contributed by atoms with Crippen LogP contribution in [0.25, 0.3) is 12.3 Å². The minimum Gasteiger partial charge on any atom is -0.494 e. The zero-order valence-corrected chi connectivity index (χ0v) is 19.9. The van der Waals surface area contributed by atoms with Crippen LogP contribution in [-0.2, 0) is 4.74 Å². The summed E-state index contributed by atoms with van der Waals surface area (Å²) in [5, 5.41) is 14.6. The van der Waals surface area contributed by atoms with Gasteiger partial charge in [-0.05, 0) is 65.0 Å². The third-order valence-electron chi connectivity index (χ3n) is 6.15. The monoisotopic (exact) mass is 481 g/mol. The van der Waals surface area contributed by atoms with Gasteiger partial charge in [0.2, 0.25) is 0 Å². The summed E-state index contributed by atoms with van der Waals surface area (Å²) < 4.78 is 24.9. The van der Waals surface area contributed by atoms with Gasteiger partial charge < -0.3 is 31.2 Å². The molecule has 2 aliphatic heterocycles. The van der Waals surface area contributed by atoms with Crippen LogP contribution in [0.4, 0.5) is 4.39 Å².